The summed E-state index contributed by atoms with van der Waals surface area (Å²) < 4.78 is -0.120. The molecule has 1 atom stereocenters. The molecule has 0 saturated carbocycles. The standard InChI is InChI=1S/C35H54N2S/c1-5-6-7-12-15-23-35(3,38)24-16-13-10-8-9-11-14-18-29(2)27-31-19-17-20-33-34(31)32(28-36-33)30-21-25-37(4)26-22-30/h15-17,19-20,23-24,28,30,36,38H,2,5-14,18,21-22,25-27H2,1,3-4H3/b23-15-,24-16-. The highest BCUT2D eigenvalue weighted by atomic mass is 32.1. The van der Waals surface area contributed by atoms with Gasteiger partial charge in [0.25, 0.3) is 0 Å². The molecule has 3 rings (SSSR count). The first-order chi connectivity index (χ1) is 18.4. The molecule has 1 fully saturated rings. The topological polar surface area (TPSA) is 19.0 Å². The van der Waals surface area contributed by atoms with Gasteiger partial charge in [-0.1, -0.05) is 87.6 Å². The number of unbranched alkanes of at least 4 members (excludes halogenated alkanes) is 8. The minimum Gasteiger partial charge on any atom is -0.361 e. The highest BCUT2D eigenvalue weighted by molar-refractivity contribution is 7.82. The summed E-state index contributed by atoms with van der Waals surface area (Å²) in [6.45, 7) is 11.3. The van der Waals surface area contributed by atoms with Crippen molar-refractivity contribution in [2.75, 3.05) is 20.1 Å². The van der Waals surface area contributed by atoms with Gasteiger partial charge in [0.05, 0.1) is 0 Å². The molecule has 1 unspecified atom stereocenters. The van der Waals surface area contributed by atoms with Crippen molar-refractivity contribution in [3.8, 4) is 0 Å². The highest BCUT2D eigenvalue weighted by Gasteiger charge is 2.22. The van der Waals surface area contributed by atoms with Crippen molar-refractivity contribution in [3.63, 3.8) is 0 Å². The molecule has 3 heteroatoms. The molecule has 0 bridgehead atoms. The SMILES string of the molecule is C=C(CCCCCCC/C=C\C(C)(S)/C=C\CCCCC)Cc1cccc2[nH]cc(C3CCN(C)CC3)c12. The lowest BCUT2D eigenvalue weighted by Gasteiger charge is -2.29. The number of likely N-dealkylation sites (tertiary alicyclic amines) is 1. The van der Waals surface area contributed by atoms with Crippen molar-refractivity contribution in [1.29, 1.82) is 0 Å². The third-order valence-corrected chi connectivity index (χ3v) is 8.51. The van der Waals surface area contributed by atoms with Crippen LogP contribution in [0.1, 0.15) is 114 Å². The number of aromatic nitrogens is 1. The van der Waals surface area contributed by atoms with Crippen molar-refractivity contribution in [3.05, 3.63) is 72.0 Å². The average Bonchev–Trinajstić information content (AvgIpc) is 3.33. The summed E-state index contributed by atoms with van der Waals surface area (Å²) in [6, 6.07) is 6.76. The zero-order valence-electron chi connectivity index (χ0n) is 24.6. The molecule has 210 valence electrons. The molecule has 2 aromatic rings. The van der Waals surface area contributed by atoms with Crippen LogP contribution >= 0.6 is 12.6 Å². The molecule has 1 aliphatic rings. The maximum atomic E-state index is 4.80. The van der Waals surface area contributed by atoms with Gasteiger partial charge in [-0.25, -0.2) is 0 Å². The number of allylic oxidation sites excluding steroid dienone is 3. The Morgan fingerprint density at radius 3 is 2.39 bits per heavy atom. The van der Waals surface area contributed by atoms with Gasteiger partial charge in [-0.05, 0) is 108 Å². The van der Waals surface area contributed by atoms with Gasteiger partial charge in [-0.3, -0.25) is 0 Å². The number of H-pyrrole nitrogens is 1. The first-order valence-corrected chi connectivity index (χ1v) is 15.9. The maximum Gasteiger partial charge on any atom is 0.0460 e. The van der Waals surface area contributed by atoms with Gasteiger partial charge in [0.2, 0.25) is 0 Å². The van der Waals surface area contributed by atoms with Crippen molar-refractivity contribution < 1.29 is 0 Å². The van der Waals surface area contributed by atoms with Crippen LogP contribution in [0.2, 0.25) is 0 Å². The average molecular weight is 535 g/mol. The summed E-state index contributed by atoms with van der Waals surface area (Å²) in [5.41, 5.74) is 5.67. The van der Waals surface area contributed by atoms with Crippen LogP contribution in [0.5, 0.6) is 0 Å². The van der Waals surface area contributed by atoms with E-state index in [0.29, 0.717) is 5.92 Å². The fourth-order valence-electron chi connectivity index (χ4n) is 5.81. The van der Waals surface area contributed by atoms with Crippen molar-refractivity contribution >= 4 is 23.5 Å². The largest absolute Gasteiger partial charge is 0.361 e. The van der Waals surface area contributed by atoms with Gasteiger partial charge in [-0.15, -0.1) is 0 Å². The second kappa shape index (κ2) is 16.4. The summed E-state index contributed by atoms with van der Waals surface area (Å²) in [4.78, 5) is 6.01. The number of nitrogens with zero attached hydrogens (tertiary/aromatic N) is 1. The number of piperidine rings is 1. The molecule has 2 nitrogen and oxygen atoms in total. The second-order valence-corrected chi connectivity index (χ2v) is 12.9. The molecule has 1 aliphatic heterocycles. The Labute approximate surface area is 239 Å². The summed E-state index contributed by atoms with van der Waals surface area (Å²) >= 11 is 4.80. The van der Waals surface area contributed by atoms with Gasteiger partial charge < -0.3 is 9.88 Å². The minimum absolute atomic E-state index is 0.120. The Balaban J connectivity index is 1.33. The van der Waals surface area contributed by atoms with Crippen LogP contribution in [-0.2, 0) is 6.42 Å². The van der Waals surface area contributed by atoms with E-state index in [1.54, 1.807) is 0 Å². The number of nitrogens with one attached hydrogen (secondary N) is 1. The number of hydrogen-bond donors (Lipinski definition) is 2. The predicted molar refractivity (Wildman–Crippen MR) is 173 cm³/mol. The van der Waals surface area contributed by atoms with Crippen LogP contribution in [0, 0.1) is 0 Å². The summed E-state index contributed by atoms with van der Waals surface area (Å²) in [5, 5.41) is 1.47. The lowest BCUT2D eigenvalue weighted by molar-refractivity contribution is 0.256. The quantitative estimate of drug-likeness (QED) is 0.117. The van der Waals surface area contributed by atoms with Gasteiger partial charge in [0, 0.05) is 21.8 Å². The Morgan fingerprint density at radius 2 is 1.68 bits per heavy atom. The van der Waals surface area contributed by atoms with E-state index in [1.807, 2.05) is 0 Å². The van der Waals surface area contributed by atoms with Gasteiger partial charge >= 0.3 is 0 Å². The van der Waals surface area contributed by atoms with Gasteiger partial charge in [0.15, 0.2) is 0 Å². The summed E-state index contributed by atoms with van der Waals surface area (Å²) in [6.07, 6.45) is 28.8. The van der Waals surface area contributed by atoms with Crippen LogP contribution in [0.25, 0.3) is 10.9 Å². The smallest absolute Gasteiger partial charge is 0.0460 e. The monoisotopic (exact) mass is 534 g/mol. The normalized spacial score (nSPS) is 17.2. The lowest BCUT2D eigenvalue weighted by atomic mass is 9.87. The Bertz CT molecular complexity index is 1020. The van der Waals surface area contributed by atoms with E-state index < -0.39 is 0 Å². The fraction of sp³-hybridized carbons (Fsp3) is 0.600. The third kappa shape index (κ3) is 10.5. The van der Waals surface area contributed by atoms with Crippen LogP contribution in [-0.4, -0.2) is 34.8 Å². The lowest BCUT2D eigenvalue weighted by Crippen LogP contribution is -2.29. The van der Waals surface area contributed by atoms with Crippen LogP contribution in [0.15, 0.2) is 60.9 Å². The van der Waals surface area contributed by atoms with Crippen LogP contribution in [0.4, 0.5) is 0 Å². The molecule has 0 radical (unpaired) electrons. The van der Waals surface area contributed by atoms with Crippen molar-refractivity contribution in [2.24, 2.45) is 0 Å². The first-order valence-electron chi connectivity index (χ1n) is 15.4. The predicted octanol–water partition coefficient (Wildman–Crippen LogP) is 10.2. The van der Waals surface area contributed by atoms with Crippen LogP contribution in [0.3, 0.4) is 0 Å². The molecule has 0 spiro atoms. The Hall–Kier alpha value is -1.71. The third-order valence-electron chi connectivity index (χ3n) is 8.21. The number of hydrogen-bond acceptors (Lipinski definition) is 2. The van der Waals surface area contributed by atoms with E-state index in [9.17, 15) is 0 Å². The zero-order chi connectivity index (χ0) is 27.2. The number of rotatable bonds is 17. The zero-order valence-corrected chi connectivity index (χ0v) is 25.5. The molecule has 0 amide bonds. The van der Waals surface area contributed by atoms with Crippen molar-refractivity contribution in [2.45, 2.75) is 114 Å². The molecule has 0 aliphatic carbocycles. The molecule has 1 N–H and O–H groups in total. The number of benzene rings is 1. The van der Waals surface area contributed by atoms with E-state index in [1.165, 1.54) is 111 Å². The summed E-state index contributed by atoms with van der Waals surface area (Å²) in [7, 11) is 2.24. The molecular weight excluding hydrogens is 480 g/mol. The van der Waals surface area contributed by atoms with Crippen molar-refractivity contribution in [1.82, 2.24) is 9.88 Å². The second-order valence-electron chi connectivity index (χ2n) is 11.9. The molecular formula is C35H54N2S. The van der Waals surface area contributed by atoms with Gasteiger partial charge in [0.1, 0.15) is 0 Å². The number of fused-ring (bicyclic) bond motifs is 1. The Kier molecular flexibility index (Phi) is 13.3. The Morgan fingerprint density at radius 1 is 1.03 bits per heavy atom. The maximum absolute atomic E-state index is 4.80. The first kappa shape index (κ1) is 30.8. The molecule has 2 heterocycles. The highest BCUT2D eigenvalue weighted by Crippen LogP contribution is 2.35. The van der Waals surface area contributed by atoms with E-state index >= 15 is 0 Å². The molecule has 38 heavy (non-hydrogen) atoms. The van der Waals surface area contributed by atoms with Crippen LogP contribution < -0.4 is 0 Å². The van der Waals surface area contributed by atoms with E-state index in [2.05, 4.69) is 86.1 Å². The number of aromatic amines is 1. The molecule has 1 aromatic heterocycles. The molecule has 1 aromatic carbocycles. The van der Waals surface area contributed by atoms with E-state index in [0.717, 1.165) is 19.3 Å². The number of thiol groups is 1. The van der Waals surface area contributed by atoms with Gasteiger partial charge in [-0.2, -0.15) is 12.6 Å². The van der Waals surface area contributed by atoms with E-state index in [-0.39, 0.29) is 4.75 Å². The molecule has 1 saturated heterocycles. The van der Waals surface area contributed by atoms with E-state index in [4.69, 9.17) is 12.6 Å². The fourth-order valence-corrected chi connectivity index (χ4v) is 6.03. The summed E-state index contributed by atoms with van der Waals surface area (Å²) in [5.74, 6) is 0.678. The minimum atomic E-state index is -0.120.